The van der Waals surface area contributed by atoms with E-state index in [4.69, 9.17) is 4.74 Å². The summed E-state index contributed by atoms with van der Waals surface area (Å²) in [5.41, 5.74) is 2.46. The Morgan fingerprint density at radius 1 is 1.30 bits per heavy atom. The first-order valence-corrected chi connectivity index (χ1v) is 6.64. The van der Waals surface area contributed by atoms with Crippen molar-refractivity contribution in [2.24, 2.45) is 0 Å². The Labute approximate surface area is 118 Å². The number of amides is 1. The summed E-state index contributed by atoms with van der Waals surface area (Å²) in [6.45, 7) is 4.35. The highest BCUT2D eigenvalue weighted by atomic mass is 16.5. The number of carbonyl (C=O) groups is 2. The second kappa shape index (κ2) is 5.53. The summed E-state index contributed by atoms with van der Waals surface area (Å²) in [7, 11) is 1.51. The average Bonchev–Trinajstić information content (AvgIpc) is 2.90. The molecule has 1 unspecified atom stereocenters. The monoisotopic (exact) mass is 277 g/mol. The molecule has 0 spiro atoms. The number of rotatable bonds is 3. The van der Waals surface area contributed by atoms with Crippen molar-refractivity contribution in [2.75, 3.05) is 13.7 Å². The highest BCUT2D eigenvalue weighted by Gasteiger charge is 2.35. The molecule has 0 aliphatic carbocycles. The third kappa shape index (κ3) is 2.48. The summed E-state index contributed by atoms with van der Waals surface area (Å²) < 4.78 is 5.26. The van der Waals surface area contributed by atoms with Gasteiger partial charge in [-0.1, -0.05) is 0 Å². The number of aryl methyl sites for hydroxylation is 2. The number of methoxy groups -OCH3 is 1. The van der Waals surface area contributed by atoms with Crippen LogP contribution in [0.5, 0.6) is 5.75 Å². The number of likely N-dealkylation sites (tertiary alicyclic amines) is 1. The Bertz CT molecular complexity index is 553. The Morgan fingerprint density at radius 3 is 2.55 bits per heavy atom. The van der Waals surface area contributed by atoms with E-state index in [1.54, 1.807) is 6.07 Å². The molecule has 1 saturated heterocycles. The average molecular weight is 277 g/mol. The first-order valence-electron chi connectivity index (χ1n) is 6.64. The lowest BCUT2D eigenvalue weighted by molar-refractivity contribution is -0.141. The summed E-state index contributed by atoms with van der Waals surface area (Å²) in [6, 6.07) is 2.86. The summed E-state index contributed by atoms with van der Waals surface area (Å²) >= 11 is 0. The van der Waals surface area contributed by atoms with Gasteiger partial charge in [-0.3, -0.25) is 4.79 Å². The topological polar surface area (TPSA) is 66.8 Å². The molecule has 20 heavy (non-hydrogen) atoms. The van der Waals surface area contributed by atoms with E-state index in [-0.39, 0.29) is 5.91 Å². The van der Waals surface area contributed by atoms with Crippen LogP contribution in [0.2, 0.25) is 0 Å². The van der Waals surface area contributed by atoms with Crippen molar-refractivity contribution < 1.29 is 19.4 Å². The first-order chi connectivity index (χ1) is 9.45. The normalized spacial score (nSPS) is 18.1. The molecule has 1 heterocycles. The quantitative estimate of drug-likeness (QED) is 0.917. The van der Waals surface area contributed by atoms with Crippen LogP contribution in [0, 0.1) is 13.8 Å². The van der Waals surface area contributed by atoms with Gasteiger partial charge in [0.15, 0.2) is 0 Å². The number of benzene rings is 1. The summed E-state index contributed by atoms with van der Waals surface area (Å²) in [4.78, 5) is 25.2. The molecule has 1 fully saturated rings. The lowest BCUT2D eigenvalue weighted by atomic mass is 10.0. The molecule has 0 bridgehead atoms. The van der Waals surface area contributed by atoms with Crippen LogP contribution in [0.3, 0.4) is 0 Å². The fourth-order valence-corrected chi connectivity index (χ4v) is 2.55. The summed E-state index contributed by atoms with van der Waals surface area (Å²) in [5, 5.41) is 9.18. The van der Waals surface area contributed by atoms with Gasteiger partial charge in [-0.25, -0.2) is 4.79 Å². The van der Waals surface area contributed by atoms with E-state index in [1.807, 2.05) is 19.9 Å². The second-order valence-electron chi connectivity index (χ2n) is 5.13. The number of nitrogens with zero attached hydrogens (tertiary/aromatic N) is 1. The molecule has 5 nitrogen and oxygen atoms in total. The van der Waals surface area contributed by atoms with Gasteiger partial charge in [0.2, 0.25) is 0 Å². The zero-order valence-electron chi connectivity index (χ0n) is 12.0. The van der Waals surface area contributed by atoms with E-state index in [2.05, 4.69) is 0 Å². The van der Waals surface area contributed by atoms with Crippen LogP contribution in [0.4, 0.5) is 0 Å². The Morgan fingerprint density at radius 2 is 1.95 bits per heavy atom. The van der Waals surface area contributed by atoms with Gasteiger partial charge in [0, 0.05) is 6.54 Å². The molecule has 5 heteroatoms. The molecule has 1 amide bonds. The van der Waals surface area contributed by atoms with Gasteiger partial charge in [-0.15, -0.1) is 0 Å². The number of aliphatic carboxylic acids is 1. The number of carboxylic acid groups (broad SMARTS) is 1. The van der Waals surface area contributed by atoms with Crippen molar-refractivity contribution >= 4 is 11.9 Å². The largest absolute Gasteiger partial charge is 0.496 e. The smallest absolute Gasteiger partial charge is 0.326 e. The van der Waals surface area contributed by atoms with E-state index in [0.717, 1.165) is 17.5 Å². The van der Waals surface area contributed by atoms with Crippen molar-refractivity contribution in [1.29, 1.82) is 0 Å². The number of hydrogen-bond donors (Lipinski definition) is 1. The molecule has 0 saturated carbocycles. The molecule has 1 aliphatic heterocycles. The first kappa shape index (κ1) is 14.4. The standard InChI is InChI=1S/C15H19NO4/c1-9-7-11(13(20-3)8-10(9)2)14(17)16-6-4-5-12(16)15(18)19/h7-8,12H,4-6H2,1-3H3,(H,18,19). The predicted molar refractivity (Wildman–Crippen MR) is 74.2 cm³/mol. The van der Waals surface area contributed by atoms with Crippen LogP contribution in [-0.4, -0.2) is 41.6 Å². The van der Waals surface area contributed by atoms with Crippen molar-refractivity contribution in [3.63, 3.8) is 0 Å². The number of hydrogen-bond acceptors (Lipinski definition) is 3. The van der Waals surface area contributed by atoms with Crippen LogP contribution in [-0.2, 0) is 4.79 Å². The Balaban J connectivity index is 2.38. The zero-order valence-corrected chi connectivity index (χ0v) is 12.0. The lowest BCUT2D eigenvalue weighted by Crippen LogP contribution is -2.40. The Hall–Kier alpha value is -2.04. The van der Waals surface area contributed by atoms with E-state index < -0.39 is 12.0 Å². The minimum absolute atomic E-state index is 0.269. The minimum atomic E-state index is -0.946. The Kier molecular flexibility index (Phi) is 3.97. The molecule has 0 aromatic heterocycles. The van der Waals surface area contributed by atoms with Crippen molar-refractivity contribution in [2.45, 2.75) is 32.7 Å². The summed E-state index contributed by atoms with van der Waals surface area (Å²) in [5.74, 6) is -0.720. The van der Waals surface area contributed by atoms with E-state index >= 15 is 0 Å². The van der Waals surface area contributed by atoms with E-state index in [9.17, 15) is 14.7 Å². The van der Waals surface area contributed by atoms with Gasteiger partial charge in [-0.2, -0.15) is 0 Å². The second-order valence-corrected chi connectivity index (χ2v) is 5.13. The number of carboxylic acids is 1. The SMILES string of the molecule is COc1cc(C)c(C)cc1C(=O)N1CCCC1C(=O)O. The summed E-state index contributed by atoms with van der Waals surface area (Å²) in [6.07, 6.45) is 1.23. The molecule has 108 valence electrons. The fourth-order valence-electron chi connectivity index (χ4n) is 2.55. The molecule has 1 aliphatic rings. The lowest BCUT2D eigenvalue weighted by Gasteiger charge is -2.23. The maximum atomic E-state index is 12.6. The molecule has 1 aromatic rings. The minimum Gasteiger partial charge on any atom is -0.496 e. The highest BCUT2D eigenvalue weighted by Crippen LogP contribution is 2.27. The van der Waals surface area contributed by atoms with Crippen LogP contribution in [0.1, 0.15) is 34.3 Å². The predicted octanol–water partition coefficient (Wildman–Crippen LogP) is 2.00. The van der Waals surface area contributed by atoms with Gasteiger partial charge >= 0.3 is 5.97 Å². The van der Waals surface area contributed by atoms with Crippen molar-refractivity contribution in [3.8, 4) is 5.75 Å². The van der Waals surface area contributed by atoms with E-state index in [1.165, 1.54) is 12.0 Å². The molecular formula is C15H19NO4. The van der Waals surface area contributed by atoms with Crippen molar-refractivity contribution in [3.05, 3.63) is 28.8 Å². The van der Waals surface area contributed by atoms with Crippen LogP contribution >= 0.6 is 0 Å². The van der Waals surface area contributed by atoms with Gasteiger partial charge in [0.05, 0.1) is 12.7 Å². The van der Waals surface area contributed by atoms with Gasteiger partial charge in [0.25, 0.3) is 5.91 Å². The van der Waals surface area contributed by atoms with Crippen LogP contribution in [0.15, 0.2) is 12.1 Å². The van der Waals surface area contributed by atoms with Crippen molar-refractivity contribution in [1.82, 2.24) is 4.90 Å². The molecule has 2 rings (SSSR count). The zero-order chi connectivity index (χ0) is 14.9. The number of ether oxygens (including phenoxy) is 1. The van der Waals surface area contributed by atoms with Gasteiger partial charge in [-0.05, 0) is 49.9 Å². The van der Waals surface area contributed by atoms with Gasteiger partial charge < -0.3 is 14.7 Å². The van der Waals surface area contributed by atoms with Gasteiger partial charge in [0.1, 0.15) is 11.8 Å². The van der Waals surface area contributed by atoms with E-state index in [0.29, 0.717) is 24.3 Å². The van der Waals surface area contributed by atoms with Crippen LogP contribution in [0.25, 0.3) is 0 Å². The molecular weight excluding hydrogens is 258 g/mol. The van der Waals surface area contributed by atoms with Crippen LogP contribution < -0.4 is 4.74 Å². The molecule has 1 N–H and O–H groups in total. The molecule has 1 aromatic carbocycles. The third-order valence-electron chi connectivity index (χ3n) is 3.84. The number of carbonyl (C=O) groups excluding carboxylic acids is 1. The third-order valence-corrected chi connectivity index (χ3v) is 3.84. The maximum Gasteiger partial charge on any atom is 0.326 e. The molecule has 0 radical (unpaired) electrons. The fraction of sp³-hybridized carbons (Fsp3) is 0.467. The molecule has 1 atom stereocenters. The maximum absolute atomic E-state index is 12.6. The highest BCUT2D eigenvalue weighted by molar-refractivity contribution is 5.99.